The van der Waals surface area contributed by atoms with Crippen molar-refractivity contribution in [2.75, 3.05) is 31.1 Å². The van der Waals surface area contributed by atoms with Crippen LogP contribution < -0.4 is 4.90 Å². The Balaban J connectivity index is 1.13. The van der Waals surface area contributed by atoms with Crippen LogP contribution in [0.25, 0.3) is 17.3 Å². The fourth-order valence-electron chi connectivity index (χ4n) is 4.37. The molecule has 1 saturated heterocycles. The number of benzene rings is 2. The number of thioether (sulfide) groups is 1. The van der Waals surface area contributed by atoms with Crippen LogP contribution in [0.4, 0.5) is 5.69 Å². The molecule has 1 amide bonds. The second-order valence-electron chi connectivity index (χ2n) is 8.74. The SMILES string of the molecule is O=C(c1csc(CSc2nnc(-c3ccco3)n2-c2ccc(Cl)cc2)n1)N1CCN(c2ccccc2Cl)CC1. The smallest absolute Gasteiger partial charge is 0.273 e. The van der Waals surface area contributed by atoms with E-state index in [0.717, 1.165) is 34.5 Å². The molecule has 0 N–H and O–H groups in total. The van der Waals surface area contributed by atoms with Crippen molar-refractivity contribution in [1.82, 2.24) is 24.6 Å². The van der Waals surface area contributed by atoms with Gasteiger partial charge >= 0.3 is 0 Å². The summed E-state index contributed by atoms with van der Waals surface area (Å²) in [5, 5.41) is 13.5. The predicted molar refractivity (Wildman–Crippen MR) is 155 cm³/mol. The van der Waals surface area contributed by atoms with Crippen LogP contribution in [-0.4, -0.2) is 56.7 Å². The molecule has 0 radical (unpaired) electrons. The van der Waals surface area contributed by atoms with Gasteiger partial charge in [-0.15, -0.1) is 21.5 Å². The Morgan fingerprint density at radius 3 is 2.51 bits per heavy atom. The number of carbonyl (C=O) groups excluding carboxylic acids is 1. The molecule has 1 fully saturated rings. The van der Waals surface area contributed by atoms with Gasteiger partial charge < -0.3 is 14.2 Å². The second-order valence-corrected chi connectivity index (χ2v) is 11.5. The minimum Gasteiger partial charge on any atom is -0.461 e. The highest BCUT2D eigenvalue weighted by molar-refractivity contribution is 7.98. The zero-order valence-corrected chi connectivity index (χ0v) is 23.7. The lowest BCUT2D eigenvalue weighted by Gasteiger charge is -2.36. The summed E-state index contributed by atoms with van der Waals surface area (Å²) in [5.74, 6) is 1.70. The largest absolute Gasteiger partial charge is 0.461 e. The van der Waals surface area contributed by atoms with Crippen molar-refractivity contribution in [3.05, 3.63) is 93.1 Å². The Morgan fingerprint density at radius 1 is 0.974 bits per heavy atom. The molecule has 0 unspecified atom stereocenters. The van der Waals surface area contributed by atoms with Crippen LogP contribution in [0.15, 0.2) is 81.9 Å². The Labute approximate surface area is 243 Å². The van der Waals surface area contributed by atoms with Crippen LogP contribution in [0, 0.1) is 0 Å². The number of carbonyl (C=O) groups is 1. The molecule has 39 heavy (non-hydrogen) atoms. The Kier molecular flexibility index (Phi) is 7.60. The highest BCUT2D eigenvalue weighted by Crippen LogP contribution is 2.31. The third kappa shape index (κ3) is 5.56. The Hall–Kier alpha value is -3.31. The van der Waals surface area contributed by atoms with Crippen molar-refractivity contribution in [2.24, 2.45) is 0 Å². The maximum atomic E-state index is 13.2. The van der Waals surface area contributed by atoms with Gasteiger partial charge in [0.1, 0.15) is 10.7 Å². The number of anilines is 1. The van der Waals surface area contributed by atoms with Gasteiger partial charge in [0, 0.05) is 42.3 Å². The topological polar surface area (TPSA) is 80.3 Å². The van der Waals surface area contributed by atoms with Crippen molar-refractivity contribution >= 4 is 57.9 Å². The number of aromatic nitrogens is 4. The van der Waals surface area contributed by atoms with Crippen LogP contribution in [0.5, 0.6) is 0 Å². The quantitative estimate of drug-likeness (QED) is 0.197. The molecule has 0 bridgehead atoms. The lowest BCUT2D eigenvalue weighted by molar-refractivity contribution is 0.0741. The third-order valence-corrected chi connectivity index (χ3v) is 8.86. The van der Waals surface area contributed by atoms with E-state index < -0.39 is 0 Å². The molecule has 12 heteroatoms. The zero-order chi connectivity index (χ0) is 26.8. The normalized spacial score (nSPS) is 13.7. The van der Waals surface area contributed by atoms with Crippen LogP contribution in [0.1, 0.15) is 15.5 Å². The number of thiazole rings is 1. The average molecular weight is 598 g/mol. The van der Waals surface area contributed by atoms with Crippen LogP contribution in [-0.2, 0) is 5.75 Å². The molecule has 8 nitrogen and oxygen atoms in total. The summed E-state index contributed by atoms with van der Waals surface area (Å²) in [4.78, 5) is 21.9. The van der Waals surface area contributed by atoms with E-state index in [4.69, 9.17) is 27.6 Å². The molecular formula is C27H22Cl2N6O2S2. The van der Waals surface area contributed by atoms with E-state index in [1.165, 1.54) is 23.1 Å². The van der Waals surface area contributed by atoms with E-state index in [1.807, 2.05) is 75.5 Å². The fourth-order valence-corrected chi connectivity index (χ4v) is 6.49. The van der Waals surface area contributed by atoms with E-state index >= 15 is 0 Å². The minimum absolute atomic E-state index is 0.0502. The Bertz CT molecular complexity index is 1580. The van der Waals surface area contributed by atoms with E-state index in [9.17, 15) is 4.79 Å². The Morgan fingerprint density at radius 2 is 1.77 bits per heavy atom. The summed E-state index contributed by atoms with van der Waals surface area (Å²) in [6.45, 7) is 2.68. The molecule has 1 aliphatic heterocycles. The van der Waals surface area contributed by atoms with Gasteiger partial charge in [0.15, 0.2) is 10.9 Å². The zero-order valence-electron chi connectivity index (χ0n) is 20.5. The number of piperazine rings is 1. The number of rotatable bonds is 7. The van der Waals surface area contributed by atoms with Gasteiger partial charge in [0.25, 0.3) is 5.91 Å². The van der Waals surface area contributed by atoms with Gasteiger partial charge in [0.05, 0.1) is 22.7 Å². The van der Waals surface area contributed by atoms with Gasteiger partial charge in [-0.05, 0) is 48.5 Å². The summed E-state index contributed by atoms with van der Waals surface area (Å²) in [6.07, 6.45) is 1.60. The van der Waals surface area contributed by atoms with Gasteiger partial charge in [-0.2, -0.15) is 0 Å². The second kappa shape index (κ2) is 11.4. The average Bonchev–Trinajstić information content (AvgIpc) is 3.74. The van der Waals surface area contributed by atoms with Gasteiger partial charge in [0.2, 0.25) is 5.82 Å². The number of amides is 1. The number of para-hydroxylation sites is 1. The monoisotopic (exact) mass is 596 g/mol. The van der Waals surface area contributed by atoms with Crippen LogP contribution >= 0.6 is 46.3 Å². The molecular weight excluding hydrogens is 575 g/mol. The minimum atomic E-state index is -0.0502. The summed E-state index contributed by atoms with van der Waals surface area (Å²) < 4.78 is 7.51. The molecule has 198 valence electrons. The molecule has 3 aromatic heterocycles. The van der Waals surface area contributed by atoms with E-state index in [2.05, 4.69) is 20.1 Å². The number of hydrogen-bond acceptors (Lipinski definition) is 8. The molecule has 2 aromatic carbocycles. The molecule has 0 spiro atoms. The molecule has 1 aliphatic rings. The summed E-state index contributed by atoms with van der Waals surface area (Å²) in [5.41, 5.74) is 2.34. The lowest BCUT2D eigenvalue weighted by Crippen LogP contribution is -2.49. The summed E-state index contributed by atoms with van der Waals surface area (Å²) in [6, 6.07) is 18.9. The molecule has 4 heterocycles. The number of hydrogen-bond donors (Lipinski definition) is 0. The van der Waals surface area contributed by atoms with E-state index in [0.29, 0.717) is 46.3 Å². The molecule has 5 aromatic rings. The summed E-state index contributed by atoms with van der Waals surface area (Å²) >= 11 is 15.4. The highest BCUT2D eigenvalue weighted by atomic mass is 35.5. The molecule has 0 saturated carbocycles. The van der Waals surface area contributed by atoms with Gasteiger partial charge in [-0.25, -0.2) is 4.98 Å². The van der Waals surface area contributed by atoms with Crippen LogP contribution in [0.2, 0.25) is 10.0 Å². The first-order valence-electron chi connectivity index (χ1n) is 12.2. The van der Waals surface area contributed by atoms with Crippen molar-refractivity contribution in [2.45, 2.75) is 10.9 Å². The standard InChI is InChI=1S/C27H22Cl2N6O2S2/c28-18-7-9-19(10-8-18)35-25(23-6-3-15-37-23)31-32-27(35)39-17-24-30-21(16-38-24)26(36)34-13-11-33(12-14-34)22-5-2-1-4-20(22)29/h1-10,15-16H,11-14,17H2. The van der Waals surface area contributed by atoms with Crippen molar-refractivity contribution in [3.63, 3.8) is 0 Å². The first-order valence-corrected chi connectivity index (χ1v) is 14.8. The van der Waals surface area contributed by atoms with Gasteiger partial charge in [-0.3, -0.25) is 9.36 Å². The molecule has 6 rings (SSSR count). The van der Waals surface area contributed by atoms with Crippen molar-refractivity contribution in [3.8, 4) is 17.3 Å². The first kappa shape index (κ1) is 25.9. The molecule has 0 atom stereocenters. The van der Waals surface area contributed by atoms with Gasteiger partial charge in [-0.1, -0.05) is 47.1 Å². The maximum absolute atomic E-state index is 13.2. The van der Waals surface area contributed by atoms with E-state index in [1.54, 1.807) is 6.26 Å². The maximum Gasteiger partial charge on any atom is 0.273 e. The third-order valence-electron chi connectivity index (χ3n) is 6.32. The number of halogens is 2. The van der Waals surface area contributed by atoms with Crippen molar-refractivity contribution in [1.29, 1.82) is 0 Å². The fraction of sp³-hybridized carbons (Fsp3) is 0.185. The molecule has 0 aliphatic carbocycles. The summed E-state index contributed by atoms with van der Waals surface area (Å²) in [7, 11) is 0. The highest BCUT2D eigenvalue weighted by Gasteiger charge is 2.25. The van der Waals surface area contributed by atoms with Crippen molar-refractivity contribution < 1.29 is 9.21 Å². The van der Waals surface area contributed by atoms with Crippen LogP contribution in [0.3, 0.4) is 0 Å². The lowest BCUT2D eigenvalue weighted by atomic mass is 10.2. The predicted octanol–water partition coefficient (Wildman–Crippen LogP) is 6.55. The van der Waals surface area contributed by atoms with E-state index in [-0.39, 0.29) is 5.91 Å². The number of nitrogens with zero attached hydrogens (tertiary/aromatic N) is 6. The first-order chi connectivity index (χ1) is 19.1. The number of furan rings is 1.